The minimum atomic E-state index is -0.102. The number of piperazine rings is 1. The number of methoxy groups -OCH3 is 1. The number of nitrogens with two attached hydrogens (primary N) is 1. The summed E-state index contributed by atoms with van der Waals surface area (Å²) in [6, 6.07) is 9.23. The highest BCUT2D eigenvalue weighted by Crippen LogP contribution is 2.25. The molecule has 8 nitrogen and oxygen atoms in total. The first-order valence-corrected chi connectivity index (χ1v) is 9.51. The quantitative estimate of drug-likeness (QED) is 0.711. The van der Waals surface area contributed by atoms with E-state index in [1.807, 2.05) is 42.2 Å². The van der Waals surface area contributed by atoms with E-state index in [0.717, 1.165) is 33.7 Å². The molecule has 0 aliphatic carbocycles. The minimum Gasteiger partial charge on any atom is -0.497 e. The molecule has 2 aromatic heterocycles. The molecule has 1 aromatic carbocycles. The number of anilines is 3. The maximum absolute atomic E-state index is 12.7. The SMILES string of the molecule is COc1ccc(NC(=O)N2CCN(c3cc(N)c4cnccc4n3)CC2)c(C)c1. The number of nitrogens with zero attached hydrogens (tertiary/aromatic N) is 4. The number of hydrogen-bond donors (Lipinski definition) is 2. The highest BCUT2D eigenvalue weighted by Gasteiger charge is 2.23. The van der Waals surface area contributed by atoms with Gasteiger partial charge in [0.05, 0.1) is 12.6 Å². The summed E-state index contributed by atoms with van der Waals surface area (Å²) in [5.74, 6) is 1.60. The van der Waals surface area contributed by atoms with Crippen LogP contribution in [0.15, 0.2) is 42.7 Å². The summed E-state index contributed by atoms with van der Waals surface area (Å²) in [5.41, 5.74) is 9.40. The Kier molecular flexibility index (Phi) is 5.07. The number of pyridine rings is 2. The van der Waals surface area contributed by atoms with Crippen LogP contribution in [0.25, 0.3) is 10.9 Å². The first kappa shape index (κ1) is 18.8. The van der Waals surface area contributed by atoms with E-state index in [9.17, 15) is 4.79 Å². The fourth-order valence-corrected chi connectivity index (χ4v) is 3.48. The third kappa shape index (κ3) is 3.87. The van der Waals surface area contributed by atoms with Crippen LogP contribution in [0, 0.1) is 6.92 Å². The van der Waals surface area contributed by atoms with Crippen molar-refractivity contribution in [2.75, 3.05) is 49.2 Å². The summed E-state index contributed by atoms with van der Waals surface area (Å²) in [4.78, 5) is 25.4. The smallest absolute Gasteiger partial charge is 0.321 e. The van der Waals surface area contributed by atoms with Gasteiger partial charge in [-0.3, -0.25) is 4.98 Å². The summed E-state index contributed by atoms with van der Waals surface area (Å²) in [6.07, 6.45) is 3.44. The molecule has 0 atom stereocenters. The largest absolute Gasteiger partial charge is 0.497 e. The molecule has 0 saturated carbocycles. The third-order valence-electron chi connectivity index (χ3n) is 5.19. The molecule has 3 heterocycles. The van der Waals surface area contributed by atoms with Gasteiger partial charge in [0.2, 0.25) is 0 Å². The molecule has 29 heavy (non-hydrogen) atoms. The molecule has 0 radical (unpaired) electrons. The topological polar surface area (TPSA) is 96.6 Å². The summed E-state index contributed by atoms with van der Waals surface area (Å²) in [7, 11) is 1.63. The van der Waals surface area contributed by atoms with Crippen LogP contribution in [-0.2, 0) is 0 Å². The fraction of sp³-hybridized carbons (Fsp3) is 0.286. The number of fused-ring (bicyclic) bond motifs is 1. The number of ether oxygens (including phenoxy) is 1. The van der Waals surface area contributed by atoms with Crippen molar-refractivity contribution in [1.29, 1.82) is 0 Å². The number of aromatic nitrogens is 2. The number of nitrogens with one attached hydrogen (secondary N) is 1. The van der Waals surface area contributed by atoms with Gasteiger partial charge in [-0.1, -0.05) is 0 Å². The Morgan fingerprint density at radius 3 is 2.69 bits per heavy atom. The number of hydrogen-bond acceptors (Lipinski definition) is 6. The Bertz CT molecular complexity index is 1050. The van der Waals surface area contributed by atoms with Crippen LogP contribution in [0.2, 0.25) is 0 Å². The molecule has 150 valence electrons. The molecular weight excluding hydrogens is 368 g/mol. The summed E-state index contributed by atoms with van der Waals surface area (Å²) < 4.78 is 5.21. The number of carbonyl (C=O) groups excluding carboxylic acids is 1. The second-order valence-corrected chi connectivity index (χ2v) is 7.05. The lowest BCUT2D eigenvalue weighted by atomic mass is 10.2. The Hall–Kier alpha value is -3.55. The van der Waals surface area contributed by atoms with E-state index in [1.54, 1.807) is 19.5 Å². The molecule has 2 amide bonds. The van der Waals surface area contributed by atoms with E-state index in [1.165, 1.54) is 0 Å². The first-order valence-electron chi connectivity index (χ1n) is 9.51. The standard InChI is InChI=1S/C21H24N6O2/c1-14-11-15(29-2)3-4-18(14)25-21(28)27-9-7-26(8-10-27)20-12-17(22)16-13-23-6-5-19(16)24-20/h3-6,11-13H,7-10H2,1-2H3,(H2,22,24)(H,25,28). The lowest BCUT2D eigenvalue weighted by Crippen LogP contribution is -2.50. The zero-order valence-corrected chi connectivity index (χ0v) is 16.6. The predicted octanol–water partition coefficient (Wildman–Crippen LogP) is 2.88. The van der Waals surface area contributed by atoms with Gasteiger partial charge in [-0.05, 0) is 36.8 Å². The molecule has 3 aromatic rings. The molecule has 0 spiro atoms. The molecule has 0 unspecified atom stereocenters. The van der Waals surface area contributed by atoms with Gasteiger partial charge in [-0.2, -0.15) is 0 Å². The third-order valence-corrected chi connectivity index (χ3v) is 5.19. The number of rotatable bonds is 3. The summed E-state index contributed by atoms with van der Waals surface area (Å²) in [5, 5.41) is 3.84. The second kappa shape index (κ2) is 7.83. The van der Waals surface area contributed by atoms with Crippen LogP contribution in [0.5, 0.6) is 5.75 Å². The highest BCUT2D eigenvalue weighted by molar-refractivity contribution is 5.92. The highest BCUT2D eigenvalue weighted by atomic mass is 16.5. The molecule has 0 bridgehead atoms. The van der Waals surface area contributed by atoms with Crippen molar-refractivity contribution in [2.24, 2.45) is 0 Å². The molecule has 8 heteroatoms. The lowest BCUT2D eigenvalue weighted by Gasteiger charge is -2.35. The van der Waals surface area contributed by atoms with Crippen molar-refractivity contribution in [3.63, 3.8) is 0 Å². The van der Waals surface area contributed by atoms with Crippen molar-refractivity contribution in [2.45, 2.75) is 6.92 Å². The van der Waals surface area contributed by atoms with Gasteiger partial charge in [0.15, 0.2) is 0 Å². The maximum Gasteiger partial charge on any atom is 0.321 e. The molecule has 1 saturated heterocycles. The molecule has 3 N–H and O–H groups in total. The van der Waals surface area contributed by atoms with E-state index in [0.29, 0.717) is 31.9 Å². The number of benzene rings is 1. The molecule has 1 aliphatic rings. The molecular formula is C21H24N6O2. The minimum absolute atomic E-state index is 0.102. The Morgan fingerprint density at radius 2 is 1.97 bits per heavy atom. The van der Waals surface area contributed by atoms with Crippen LogP contribution in [0.1, 0.15) is 5.56 Å². The summed E-state index contributed by atoms with van der Waals surface area (Å²) in [6.45, 7) is 4.55. The summed E-state index contributed by atoms with van der Waals surface area (Å²) >= 11 is 0. The number of amides is 2. The normalized spacial score (nSPS) is 14.1. The van der Waals surface area contributed by atoms with Gasteiger partial charge in [0.25, 0.3) is 0 Å². The Balaban J connectivity index is 1.41. The van der Waals surface area contributed by atoms with E-state index in [4.69, 9.17) is 15.5 Å². The van der Waals surface area contributed by atoms with Crippen LogP contribution < -0.4 is 20.7 Å². The van der Waals surface area contributed by atoms with Crippen LogP contribution in [0.3, 0.4) is 0 Å². The molecule has 1 aliphatic heterocycles. The van der Waals surface area contributed by atoms with Crippen LogP contribution in [0.4, 0.5) is 22.0 Å². The van der Waals surface area contributed by atoms with Gasteiger partial charge in [0.1, 0.15) is 11.6 Å². The van der Waals surface area contributed by atoms with Gasteiger partial charge in [-0.15, -0.1) is 0 Å². The van der Waals surface area contributed by atoms with Crippen molar-refractivity contribution < 1.29 is 9.53 Å². The number of carbonyl (C=O) groups is 1. The van der Waals surface area contributed by atoms with Gasteiger partial charge in [-0.25, -0.2) is 9.78 Å². The number of aryl methyl sites for hydroxylation is 1. The first-order chi connectivity index (χ1) is 14.0. The van der Waals surface area contributed by atoms with Crippen molar-refractivity contribution >= 4 is 34.1 Å². The van der Waals surface area contributed by atoms with Gasteiger partial charge >= 0.3 is 6.03 Å². The zero-order valence-electron chi connectivity index (χ0n) is 16.6. The Morgan fingerprint density at radius 1 is 1.17 bits per heavy atom. The average Bonchev–Trinajstić information content (AvgIpc) is 2.75. The van der Waals surface area contributed by atoms with E-state index in [2.05, 4.69) is 15.2 Å². The monoisotopic (exact) mass is 392 g/mol. The zero-order chi connectivity index (χ0) is 20.4. The maximum atomic E-state index is 12.7. The van der Waals surface area contributed by atoms with Gasteiger partial charge < -0.3 is 25.6 Å². The second-order valence-electron chi connectivity index (χ2n) is 7.05. The van der Waals surface area contributed by atoms with Crippen LogP contribution in [-0.4, -0.2) is 54.2 Å². The van der Waals surface area contributed by atoms with Gasteiger partial charge in [0, 0.05) is 61.4 Å². The fourth-order valence-electron chi connectivity index (χ4n) is 3.48. The predicted molar refractivity (Wildman–Crippen MR) is 114 cm³/mol. The molecule has 1 fully saturated rings. The number of urea groups is 1. The van der Waals surface area contributed by atoms with E-state index < -0.39 is 0 Å². The van der Waals surface area contributed by atoms with Crippen molar-refractivity contribution in [3.05, 3.63) is 48.3 Å². The Labute approximate surface area is 169 Å². The van der Waals surface area contributed by atoms with Crippen molar-refractivity contribution in [3.8, 4) is 5.75 Å². The lowest BCUT2D eigenvalue weighted by molar-refractivity contribution is 0.208. The van der Waals surface area contributed by atoms with Crippen molar-refractivity contribution in [1.82, 2.24) is 14.9 Å². The molecule has 4 rings (SSSR count). The number of nitrogen functional groups attached to an aromatic ring is 1. The average molecular weight is 392 g/mol. The van der Waals surface area contributed by atoms with E-state index in [-0.39, 0.29) is 6.03 Å². The van der Waals surface area contributed by atoms with E-state index >= 15 is 0 Å². The van der Waals surface area contributed by atoms with Crippen LogP contribution >= 0.6 is 0 Å².